The van der Waals surface area contributed by atoms with Gasteiger partial charge in [0.15, 0.2) is 5.78 Å². The highest BCUT2D eigenvalue weighted by atomic mass is 19.3. The second kappa shape index (κ2) is 14.6. The topological polar surface area (TPSA) is 38.7 Å². The Labute approximate surface area is 265 Å². The maximum Gasteiger partial charge on any atom is 0.387 e. The zero-order valence-electron chi connectivity index (χ0n) is 26.5. The normalized spacial score (nSPS) is 20.6. The van der Waals surface area contributed by atoms with Crippen molar-refractivity contribution in [2.24, 2.45) is 22.7 Å². The number of hydrogen-bond acceptors (Lipinski definition) is 3. The van der Waals surface area contributed by atoms with Gasteiger partial charge in [0.2, 0.25) is 0 Å². The van der Waals surface area contributed by atoms with E-state index in [1.807, 2.05) is 30.5 Å². The summed E-state index contributed by atoms with van der Waals surface area (Å²) in [5.41, 5.74) is 10.4. The highest BCUT2D eigenvalue weighted by molar-refractivity contribution is 6.09. The number of ketones is 1. The average molecular weight is 606 g/mol. The van der Waals surface area contributed by atoms with Gasteiger partial charge >= 0.3 is 6.61 Å². The fraction of sp³-hybridized carbons (Fsp3) is 0.300. The standard InChI is InChI=1S/C25H30O.C15H11F2NO/c1-5-23(22-8-6-7-17(2)16-22)20-10-12-21(13-11-20)25(26)24-14-9-18(3)15-19(24)4;16-15(17)19-11-7-5-10(6-8-11)13-9-18-14-4-2-1-3-12(13)14/h5-9,14-16,20-21H,10-13H2,1-4H3;1-9,12,15H/b23-5+;. The number of hydrogen-bond donors (Lipinski definition) is 0. The van der Waals surface area contributed by atoms with Crippen LogP contribution in [0.15, 0.2) is 108 Å². The van der Waals surface area contributed by atoms with E-state index >= 15 is 0 Å². The molecule has 3 aromatic rings. The Morgan fingerprint density at radius 3 is 2.27 bits per heavy atom. The molecule has 0 bridgehead atoms. The van der Waals surface area contributed by atoms with Crippen LogP contribution in [0.25, 0.3) is 11.1 Å². The lowest BCUT2D eigenvalue weighted by molar-refractivity contribution is -0.0498. The number of alkyl halides is 2. The van der Waals surface area contributed by atoms with Gasteiger partial charge < -0.3 is 4.74 Å². The van der Waals surface area contributed by atoms with Gasteiger partial charge in [-0.3, -0.25) is 9.79 Å². The number of allylic oxidation sites excluding steroid dienone is 7. The van der Waals surface area contributed by atoms with E-state index in [0.717, 1.165) is 53.7 Å². The number of carbonyl (C=O) groups is 1. The molecule has 0 spiro atoms. The Hall–Kier alpha value is -4.38. The summed E-state index contributed by atoms with van der Waals surface area (Å²) in [5, 5.41) is 0. The summed E-state index contributed by atoms with van der Waals surface area (Å²) in [6.07, 6.45) is 16.3. The third-order valence-corrected chi connectivity index (χ3v) is 8.95. The number of benzene rings is 3. The van der Waals surface area contributed by atoms with Crippen molar-refractivity contribution in [2.45, 2.75) is 60.0 Å². The van der Waals surface area contributed by atoms with Crippen LogP contribution in [-0.2, 0) is 0 Å². The SMILES string of the molecule is C/C=C(/c1cccc(C)c1)C1CCC(C(=O)c2ccc(C)cc2C)CC1.FC(F)Oc1ccc(C2=CN=C3C=CC=CC23)cc1. The predicted octanol–water partition coefficient (Wildman–Crippen LogP) is 10.5. The molecule has 1 saturated carbocycles. The molecular formula is C40H41F2NO2. The molecule has 3 aliphatic rings. The van der Waals surface area contributed by atoms with E-state index in [1.54, 1.807) is 24.3 Å². The fourth-order valence-electron chi connectivity index (χ4n) is 6.66. The van der Waals surface area contributed by atoms with Crippen molar-refractivity contribution in [3.8, 4) is 5.75 Å². The Morgan fingerprint density at radius 2 is 1.60 bits per heavy atom. The third kappa shape index (κ3) is 7.83. The predicted molar refractivity (Wildman–Crippen MR) is 181 cm³/mol. The Morgan fingerprint density at radius 1 is 0.889 bits per heavy atom. The highest BCUT2D eigenvalue weighted by Gasteiger charge is 2.29. The van der Waals surface area contributed by atoms with Crippen molar-refractivity contribution in [3.63, 3.8) is 0 Å². The maximum absolute atomic E-state index is 13.0. The first-order valence-electron chi connectivity index (χ1n) is 15.8. The molecular weight excluding hydrogens is 564 g/mol. The van der Waals surface area contributed by atoms with Gasteiger partial charge in [-0.05, 0) is 105 Å². The number of aliphatic imine (C=N–C) groups is 1. The molecule has 5 heteroatoms. The lowest BCUT2D eigenvalue weighted by atomic mass is 9.74. The second-order valence-electron chi connectivity index (χ2n) is 12.1. The van der Waals surface area contributed by atoms with E-state index in [0.29, 0.717) is 11.7 Å². The van der Waals surface area contributed by atoms with Crippen LogP contribution in [0.3, 0.4) is 0 Å². The van der Waals surface area contributed by atoms with E-state index < -0.39 is 6.61 Å². The number of ether oxygens (including phenoxy) is 1. The van der Waals surface area contributed by atoms with Crippen LogP contribution in [0.1, 0.15) is 70.8 Å². The van der Waals surface area contributed by atoms with E-state index in [-0.39, 0.29) is 17.6 Å². The first-order chi connectivity index (χ1) is 21.7. The van der Waals surface area contributed by atoms with Crippen molar-refractivity contribution < 1.29 is 18.3 Å². The molecule has 1 aliphatic heterocycles. The minimum atomic E-state index is -2.79. The van der Waals surface area contributed by atoms with E-state index in [9.17, 15) is 13.6 Å². The lowest BCUT2D eigenvalue weighted by Crippen LogP contribution is -2.23. The zero-order valence-corrected chi connectivity index (χ0v) is 26.5. The van der Waals surface area contributed by atoms with Gasteiger partial charge in [0, 0.05) is 23.6 Å². The van der Waals surface area contributed by atoms with Crippen molar-refractivity contribution >= 4 is 22.6 Å². The van der Waals surface area contributed by atoms with Crippen LogP contribution < -0.4 is 4.74 Å². The molecule has 0 radical (unpaired) electrons. The molecule has 1 atom stereocenters. The van der Waals surface area contributed by atoms with Gasteiger partial charge in [0.1, 0.15) is 5.75 Å². The van der Waals surface area contributed by atoms with Gasteiger partial charge in [-0.15, -0.1) is 0 Å². The monoisotopic (exact) mass is 605 g/mol. The molecule has 6 rings (SSSR count). The van der Waals surface area contributed by atoms with E-state index in [4.69, 9.17) is 0 Å². The molecule has 0 N–H and O–H groups in total. The summed E-state index contributed by atoms with van der Waals surface area (Å²) < 4.78 is 28.5. The summed E-state index contributed by atoms with van der Waals surface area (Å²) in [7, 11) is 0. The summed E-state index contributed by atoms with van der Waals surface area (Å²) in [6, 6.07) is 21.6. The summed E-state index contributed by atoms with van der Waals surface area (Å²) in [4.78, 5) is 17.3. The summed E-state index contributed by atoms with van der Waals surface area (Å²) in [5.74, 6) is 1.43. The van der Waals surface area contributed by atoms with Gasteiger partial charge in [0.25, 0.3) is 0 Å². The van der Waals surface area contributed by atoms with Gasteiger partial charge in [0.05, 0.1) is 5.71 Å². The molecule has 3 aromatic carbocycles. The maximum atomic E-state index is 13.0. The number of nitrogens with zero attached hydrogens (tertiary/aromatic N) is 1. The molecule has 3 nitrogen and oxygen atoms in total. The number of carbonyl (C=O) groups excluding carboxylic acids is 1. The minimum Gasteiger partial charge on any atom is -0.435 e. The van der Waals surface area contributed by atoms with Crippen LogP contribution in [0.4, 0.5) is 8.78 Å². The lowest BCUT2D eigenvalue weighted by Gasteiger charge is -2.30. The zero-order chi connectivity index (χ0) is 31.9. The Bertz CT molecular complexity index is 1670. The Kier molecular flexibility index (Phi) is 10.4. The number of aryl methyl sites for hydroxylation is 3. The number of fused-ring (bicyclic) bond motifs is 1. The number of rotatable bonds is 7. The second-order valence-corrected chi connectivity index (χ2v) is 12.1. The summed E-state index contributed by atoms with van der Waals surface area (Å²) >= 11 is 0. The van der Waals surface area contributed by atoms with Crippen molar-refractivity contribution in [1.82, 2.24) is 0 Å². The largest absolute Gasteiger partial charge is 0.435 e. The molecule has 0 amide bonds. The number of Topliss-reactive ketones (excluding diaryl/α,β-unsaturated/α-hetero) is 1. The van der Waals surface area contributed by atoms with Gasteiger partial charge in [-0.1, -0.05) is 90.0 Å². The molecule has 0 saturated heterocycles. The number of halogens is 2. The summed E-state index contributed by atoms with van der Waals surface area (Å²) in [6.45, 7) is 5.64. The van der Waals surface area contributed by atoms with Crippen LogP contribution >= 0.6 is 0 Å². The fourth-order valence-corrected chi connectivity index (χ4v) is 6.66. The smallest absolute Gasteiger partial charge is 0.387 e. The Balaban J connectivity index is 0.000000186. The molecule has 232 valence electrons. The quantitative estimate of drug-likeness (QED) is 0.251. The van der Waals surface area contributed by atoms with Crippen LogP contribution in [0.2, 0.25) is 0 Å². The van der Waals surface area contributed by atoms with Crippen molar-refractivity contribution in [1.29, 1.82) is 0 Å². The molecule has 45 heavy (non-hydrogen) atoms. The molecule has 2 aliphatic carbocycles. The third-order valence-electron chi connectivity index (χ3n) is 8.95. The molecule has 1 fully saturated rings. The van der Waals surface area contributed by atoms with E-state index in [2.05, 4.69) is 86.0 Å². The van der Waals surface area contributed by atoms with Gasteiger partial charge in [-0.2, -0.15) is 8.78 Å². The molecule has 0 aromatic heterocycles. The average Bonchev–Trinajstić information content (AvgIpc) is 3.46. The first kappa shape index (κ1) is 32.0. The van der Waals surface area contributed by atoms with Crippen molar-refractivity contribution in [3.05, 3.63) is 137 Å². The van der Waals surface area contributed by atoms with E-state index in [1.165, 1.54) is 22.3 Å². The molecule has 1 unspecified atom stereocenters. The van der Waals surface area contributed by atoms with Crippen molar-refractivity contribution in [2.75, 3.05) is 0 Å². The first-order valence-corrected chi connectivity index (χ1v) is 15.8. The van der Waals surface area contributed by atoms with Crippen LogP contribution in [-0.4, -0.2) is 18.1 Å². The van der Waals surface area contributed by atoms with Crippen LogP contribution in [0.5, 0.6) is 5.75 Å². The van der Waals surface area contributed by atoms with Gasteiger partial charge in [-0.25, -0.2) is 0 Å². The molecule has 1 heterocycles. The van der Waals surface area contributed by atoms with Crippen LogP contribution in [0, 0.1) is 38.5 Å². The minimum absolute atomic E-state index is 0.159. The highest BCUT2D eigenvalue weighted by Crippen LogP contribution is 2.39.